The number of hydrogen-bond acceptors (Lipinski definition) is 5. The molecule has 1 saturated carbocycles. The molecule has 2 rings (SSSR count). The number of carbonyl (C=O) groups is 1. The van der Waals surface area contributed by atoms with Crippen molar-refractivity contribution in [1.29, 1.82) is 0 Å². The van der Waals surface area contributed by atoms with E-state index in [4.69, 9.17) is 4.42 Å². The third-order valence-corrected chi connectivity index (χ3v) is 4.86. The first-order chi connectivity index (χ1) is 9.10. The van der Waals surface area contributed by atoms with Gasteiger partial charge in [-0.05, 0) is 25.2 Å². The second-order valence-electron chi connectivity index (χ2n) is 5.16. The molecule has 0 bridgehead atoms. The van der Waals surface area contributed by atoms with Crippen LogP contribution in [0.3, 0.4) is 0 Å². The molecule has 3 atom stereocenters. The summed E-state index contributed by atoms with van der Waals surface area (Å²) in [4.78, 5) is 11.3. The summed E-state index contributed by atoms with van der Waals surface area (Å²) in [5.41, 5.74) is 0. The van der Waals surface area contributed by atoms with E-state index in [1.54, 1.807) is 6.92 Å². The molecule has 106 valence electrons. The number of aromatic nitrogens is 2. The van der Waals surface area contributed by atoms with Crippen LogP contribution < -0.4 is 0 Å². The molecule has 0 spiro atoms. The van der Waals surface area contributed by atoms with Crippen molar-refractivity contribution in [1.82, 2.24) is 10.2 Å². The van der Waals surface area contributed by atoms with Crippen molar-refractivity contribution in [3.05, 3.63) is 5.89 Å². The summed E-state index contributed by atoms with van der Waals surface area (Å²) < 4.78 is 5.36. The van der Waals surface area contributed by atoms with Crippen molar-refractivity contribution in [3.8, 4) is 0 Å². The number of carboxylic acids is 1. The Bertz CT molecular complexity index is 435. The standard InChI is InChI=1S/C13H20N2O3S/c1-3-4-9-5-6-10(12(16)17)11(7-9)19-13-15-14-8(2)18-13/h9-11H,3-7H2,1-2H3,(H,16,17). The van der Waals surface area contributed by atoms with Gasteiger partial charge in [0.25, 0.3) is 5.22 Å². The van der Waals surface area contributed by atoms with Crippen LogP contribution in [-0.2, 0) is 4.79 Å². The van der Waals surface area contributed by atoms with Gasteiger partial charge in [-0.25, -0.2) is 0 Å². The van der Waals surface area contributed by atoms with Crippen LogP contribution in [-0.4, -0.2) is 26.5 Å². The minimum atomic E-state index is -0.705. The van der Waals surface area contributed by atoms with E-state index >= 15 is 0 Å². The zero-order chi connectivity index (χ0) is 13.8. The number of thioether (sulfide) groups is 1. The highest BCUT2D eigenvalue weighted by molar-refractivity contribution is 7.99. The average Bonchev–Trinajstić information content (AvgIpc) is 2.75. The van der Waals surface area contributed by atoms with Gasteiger partial charge < -0.3 is 9.52 Å². The number of hydrogen-bond donors (Lipinski definition) is 1. The molecule has 3 unspecified atom stereocenters. The summed E-state index contributed by atoms with van der Waals surface area (Å²) in [6.07, 6.45) is 5.03. The van der Waals surface area contributed by atoms with E-state index in [1.165, 1.54) is 18.2 Å². The Morgan fingerprint density at radius 1 is 1.47 bits per heavy atom. The van der Waals surface area contributed by atoms with Crippen molar-refractivity contribution in [2.45, 2.75) is 56.4 Å². The normalized spacial score (nSPS) is 27.4. The molecule has 6 heteroatoms. The number of rotatable bonds is 5. The van der Waals surface area contributed by atoms with Crippen LogP contribution in [0.4, 0.5) is 0 Å². The zero-order valence-corrected chi connectivity index (χ0v) is 12.2. The SMILES string of the molecule is CCCC1CCC(C(=O)O)C(Sc2nnc(C)o2)C1. The van der Waals surface area contributed by atoms with Gasteiger partial charge in [-0.15, -0.1) is 10.2 Å². The Morgan fingerprint density at radius 2 is 2.26 bits per heavy atom. The minimum absolute atomic E-state index is 0.0441. The molecule has 1 heterocycles. The molecule has 1 aliphatic carbocycles. The van der Waals surface area contributed by atoms with E-state index in [0.717, 1.165) is 25.7 Å². The second kappa shape index (κ2) is 6.41. The maximum Gasteiger partial charge on any atom is 0.307 e. The van der Waals surface area contributed by atoms with Gasteiger partial charge in [0, 0.05) is 12.2 Å². The van der Waals surface area contributed by atoms with Crippen molar-refractivity contribution in [3.63, 3.8) is 0 Å². The van der Waals surface area contributed by atoms with Gasteiger partial charge in [0.2, 0.25) is 5.89 Å². The summed E-state index contributed by atoms with van der Waals surface area (Å²) in [7, 11) is 0. The van der Waals surface area contributed by atoms with Crippen LogP contribution in [0.1, 0.15) is 44.9 Å². The molecular formula is C13H20N2O3S. The monoisotopic (exact) mass is 284 g/mol. The molecule has 5 nitrogen and oxygen atoms in total. The number of aryl methyl sites for hydroxylation is 1. The molecular weight excluding hydrogens is 264 g/mol. The third-order valence-electron chi connectivity index (χ3n) is 3.67. The molecule has 0 radical (unpaired) electrons. The van der Waals surface area contributed by atoms with E-state index in [1.807, 2.05) is 0 Å². The lowest BCUT2D eigenvalue weighted by Crippen LogP contribution is -2.32. The van der Waals surface area contributed by atoms with E-state index in [0.29, 0.717) is 17.0 Å². The smallest absolute Gasteiger partial charge is 0.307 e. The summed E-state index contributed by atoms with van der Waals surface area (Å²) in [6.45, 7) is 3.92. The third kappa shape index (κ3) is 3.72. The van der Waals surface area contributed by atoms with Gasteiger partial charge in [-0.1, -0.05) is 31.5 Å². The lowest BCUT2D eigenvalue weighted by Gasteiger charge is -2.32. The Labute approximate surface area is 117 Å². The van der Waals surface area contributed by atoms with E-state index < -0.39 is 5.97 Å². The maximum absolute atomic E-state index is 11.3. The molecule has 1 N–H and O–H groups in total. The Balaban J connectivity index is 2.04. The minimum Gasteiger partial charge on any atom is -0.481 e. The molecule has 0 aromatic carbocycles. The first kappa shape index (κ1) is 14.4. The highest BCUT2D eigenvalue weighted by Crippen LogP contribution is 2.41. The van der Waals surface area contributed by atoms with Gasteiger partial charge in [0.05, 0.1) is 5.92 Å². The summed E-state index contributed by atoms with van der Waals surface area (Å²) in [6, 6.07) is 0. The van der Waals surface area contributed by atoms with E-state index in [9.17, 15) is 9.90 Å². The highest BCUT2D eigenvalue weighted by atomic mass is 32.2. The van der Waals surface area contributed by atoms with Crippen LogP contribution in [0, 0.1) is 18.8 Å². The molecule has 1 aromatic heterocycles. The average molecular weight is 284 g/mol. The van der Waals surface area contributed by atoms with Gasteiger partial charge in [0.1, 0.15) is 0 Å². The topological polar surface area (TPSA) is 76.2 Å². The Morgan fingerprint density at radius 3 is 2.84 bits per heavy atom. The molecule has 19 heavy (non-hydrogen) atoms. The molecule has 1 aliphatic rings. The van der Waals surface area contributed by atoms with Crippen LogP contribution in [0.25, 0.3) is 0 Å². The fourth-order valence-corrected chi connectivity index (χ4v) is 4.05. The maximum atomic E-state index is 11.3. The first-order valence-corrected chi connectivity index (χ1v) is 7.67. The number of aliphatic carboxylic acids is 1. The van der Waals surface area contributed by atoms with Crippen LogP contribution in [0.5, 0.6) is 0 Å². The molecule has 1 fully saturated rings. The van der Waals surface area contributed by atoms with Crippen LogP contribution in [0.2, 0.25) is 0 Å². The van der Waals surface area contributed by atoms with Crippen molar-refractivity contribution < 1.29 is 14.3 Å². The van der Waals surface area contributed by atoms with E-state index in [2.05, 4.69) is 17.1 Å². The predicted molar refractivity (Wildman–Crippen MR) is 72.1 cm³/mol. The van der Waals surface area contributed by atoms with Gasteiger partial charge in [0.15, 0.2) is 0 Å². The Kier molecular flexibility index (Phi) is 4.85. The number of nitrogens with zero attached hydrogens (tertiary/aromatic N) is 2. The molecule has 0 amide bonds. The molecule has 1 aromatic rings. The van der Waals surface area contributed by atoms with E-state index in [-0.39, 0.29) is 11.2 Å². The largest absolute Gasteiger partial charge is 0.481 e. The fraction of sp³-hybridized carbons (Fsp3) is 0.769. The lowest BCUT2D eigenvalue weighted by molar-refractivity contribution is -0.142. The predicted octanol–water partition coefficient (Wildman–Crippen LogP) is 3.14. The molecule has 0 aliphatic heterocycles. The van der Waals surface area contributed by atoms with Crippen molar-refractivity contribution in [2.24, 2.45) is 11.8 Å². The van der Waals surface area contributed by atoms with Crippen LogP contribution >= 0.6 is 11.8 Å². The van der Waals surface area contributed by atoms with Gasteiger partial charge >= 0.3 is 5.97 Å². The summed E-state index contributed by atoms with van der Waals surface area (Å²) in [5.74, 6) is 0.145. The summed E-state index contributed by atoms with van der Waals surface area (Å²) >= 11 is 1.43. The van der Waals surface area contributed by atoms with Crippen LogP contribution in [0.15, 0.2) is 9.64 Å². The van der Waals surface area contributed by atoms with Crippen molar-refractivity contribution >= 4 is 17.7 Å². The Hall–Kier alpha value is -1.04. The lowest BCUT2D eigenvalue weighted by atomic mass is 9.80. The zero-order valence-electron chi connectivity index (χ0n) is 11.3. The highest BCUT2D eigenvalue weighted by Gasteiger charge is 2.36. The van der Waals surface area contributed by atoms with Gasteiger partial charge in [-0.2, -0.15) is 0 Å². The molecule has 0 saturated heterocycles. The first-order valence-electron chi connectivity index (χ1n) is 6.79. The second-order valence-corrected chi connectivity index (χ2v) is 6.35. The summed E-state index contributed by atoms with van der Waals surface area (Å²) in [5, 5.41) is 17.6. The van der Waals surface area contributed by atoms with Gasteiger partial charge in [-0.3, -0.25) is 4.79 Å². The quantitative estimate of drug-likeness (QED) is 0.895. The number of carboxylic acid groups (broad SMARTS) is 1. The fourth-order valence-electron chi connectivity index (χ4n) is 2.75. The van der Waals surface area contributed by atoms with Crippen molar-refractivity contribution in [2.75, 3.05) is 0 Å².